The number of ether oxygens (including phenoxy) is 3. The van der Waals surface area contributed by atoms with Gasteiger partial charge in [-0.2, -0.15) is 0 Å². The number of carbonyl (C=O) groups is 2. The molecule has 0 fully saturated rings. The molecule has 9 nitrogen and oxygen atoms in total. The number of allylic oxidation sites excluding steroid dienone is 1. The first-order valence-corrected chi connectivity index (χ1v) is 13.3. The summed E-state index contributed by atoms with van der Waals surface area (Å²) >= 11 is 2.73. The van der Waals surface area contributed by atoms with E-state index in [0.29, 0.717) is 39.6 Å². The Bertz CT molecular complexity index is 1280. The monoisotopic (exact) mass is 528 g/mol. The largest absolute Gasteiger partial charge is 0.493 e. The molecule has 1 aromatic carbocycles. The number of aryl methyl sites for hydroxylation is 1. The third-order valence-electron chi connectivity index (χ3n) is 5.66. The van der Waals surface area contributed by atoms with Crippen LogP contribution in [0.1, 0.15) is 34.1 Å². The summed E-state index contributed by atoms with van der Waals surface area (Å²) in [6, 6.07) is 5.51. The zero-order chi connectivity index (χ0) is 25.7. The molecule has 0 spiro atoms. The summed E-state index contributed by atoms with van der Waals surface area (Å²) in [6.45, 7) is 6.36. The van der Waals surface area contributed by atoms with Gasteiger partial charge in [-0.3, -0.25) is 9.36 Å². The van der Waals surface area contributed by atoms with Crippen molar-refractivity contribution in [2.45, 2.75) is 37.9 Å². The van der Waals surface area contributed by atoms with Crippen molar-refractivity contribution in [1.29, 1.82) is 0 Å². The van der Waals surface area contributed by atoms with Crippen LogP contribution < -0.4 is 14.8 Å². The number of hydrogen-bond acceptors (Lipinski definition) is 9. The Morgan fingerprint density at radius 1 is 1.22 bits per heavy atom. The van der Waals surface area contributed by atoms with E-state index < -0.39 is 0 Å². The van der Waals surface area contributed by atoms with E-state index in [1.54, 1.807) is 33.3 Å². The third-order valence-corrected chi connectivity index (χ3v) is 7.83. The second kappa shape index (κ2) is 11.6. The summed E-state index contributed by atoms with van der Waals surface area (Å²) in [5.74, 6) is 1.31. The van der Waals surface area contributed by atoms with Gasteiger partial charge in [-0.25, -0.2) is 4.79 Å². The topological polar surface area (TPSA) is 105 Å². The van der Waals surface area contributed by atoms with Crippen molar-refractivity contribution in [1.82, 2.24) is 14.8 Å². The lowest BCUT2D eigenvalue weighted by molar-refractivity contribution is -0.113. The number of methoxy groups -OCH3 is 2. The van der Waals surface area contributed by atoms with Crippen molar-refractivity contribution >= 4 is 40.0 Å². The highest BCUT2D eigenvalue weighted by molar-refractivity contribution is 7.99. The number of esters is 1. The molecule has 0 bridgehead atoms. The van der Waals surface area contributed by atoms with E-state index in [1.165, 1.54) is 23.1 Å². The molecule has 1 amide bonds. The number of nitrogens with one attached hydrogen (secondary N) is 1. The highest BCUT2D eigenvalue weighted by Gasteiger charge is 2.28. The Morgan fingerprint density at radius 3 is 2.75 bits per heavy atom. The summed E-state index contributed by atoms with van der Waals surface area (Å²) in [5, 5.41) is 12.7. The van der Waals surface area contributed by atoms with Gasteiger partial charge in [-0.15, -0.1) is 28.1 Å². The number of thioether (sulfide) groups is 1. The number of aromatic nitrogens is 3. The van der Waals surface area contributed by atoms with Crippen LogP contribution in [0, 0.1) is 0 Å². The molecule has 0 atom stereocenters. The van der Waals surface area contributed by atoms with E-state index in [1.807, 2.05) is 16.7 Å². The van der Waals surface area contributed by atoms with Crippen molar-refractivity contribution in [3.63, 3.8) is 0 Å². The molecule has 1 aliphatic rings. The van der Waals surface area contributed by atoms with Gasteiger partial charge in [0.25, 0.3) is 0 Å². The SMILES string of the molecule is C=CCn1c(SCC(=O)Nc2sc3c(c2C(=O)OCC)CCC3)nnc1-c1ccc(OC)c(OC)c1. The lowest BCUT2D eigenvalue weighted by atomic mass is 10.1. The first kappa shape index (κ1) is 25.8. The van der Waals surface area contributed by atoms with E-state index in [0.717, 1.165) is 35.3 Å². The van der Waals surface area contributed by atoms with Crippen LogP contribution >= 0.6 is 23.1 Å². The molecule has 190 valence electrons. The summed E-state index contributed by atoms with van der Waals surface area (Å²) in [5.41, 5.74) is 2.30. The first-order chi connectivity index (χ1) is 17.5. The van der Waals surface area contributed by atoms with Crippen LogP contribution in [0.15, 0.2) is 36.0 Å². The van der Waals surface area contributed by atoms with Gasteiger partial charge in [-0.1, -0.05) is 17.8 Å². The summed E-state index contributed by atoms with van der Waals surface area (Å²) < 4.78 is 17.9. The zero-order valence-corrected chi connectivity index (χ0v) is 22.1. The number of amides is 1. The second-order valence-electron chi connectivity index (χ2n) is 7.89. The molecular weight excluding hydrogens is 500 g/mol. The Kier molecular flexibility index (Phi) is 8.32. The standard InChI is InChI=1S/C25H28N4O5S2/c1-5-12-29-22(15-10-11-17(32-3)18(13-15)33-4)27-28-25(29)35-14-20(30)26-23-21(24(31)34-6-2)16-8-7-9-19(16)36-23/h5,10-11,13H,1,6-9,12,14H2,2-4H3,(H,26,30). The molecule has 2 heterocycles. The van der Waals surface area contributed by atoms with Crippen molar-refractivity contribution in [2.75, 3.05) is 31.9 Å². The molecule has 1 aliphatic carbocycles. The molecular formula is C25H28N4O5S2. The Balaban J connectivity index is 1.51. The minimum Gasteiger partial charge on any atom is -0.493 e. The fraction of sp³-hybridized carbons (Fsp3) is 0.360. The van der Waals surface area contributed by atoms with Gasteiger partial charge in [0, 0.05) is 17.0 Å². The lowest BCUT2D eigenvalue weighted by Gasteiger charge is -2.11. The fourth-order valence-electron chi connectivity index (χ4n) is 4.08. The number of benzene rings is 1. The molecule has 0 radical (unpaired) electrons. The number of carbonyl (C=O) groups excluding carboxylic acids is 2. The molecule has 4 rings (SSSR count). The maximum Gasteiger partial charge on any atom is 0.341 e. The van der Waals surface area contributed by atoms with E-state index in [2.05, 4.69) is 22.1 Å². The van der Waals surface area contributed by atoms with Crippen LogP contribution in [0.3, 0.4) is 0 Å². The van der Waals surface area contributed by atoms with Gasteiger partial charge in [0.1, 0.15) is 5.00 Å². The van der Waals surface area contributed by atoms with Crippen LogP contribution in [0.5, 0.6) is 11.5 Å². The highest BCUT2D eigenvalue weighted by atomic mass is 32.2. The van der Waals surface area contributed by atoms with E-state index >= 15 is 0 Å². The molecule has 0 aliphatic heterocycles. The summed E-state index contributed by atoms with van der Waals surface area (Å²) in [7, 11) is 3.16. The predicted molar refractivity (Wildman–Crippen MR) is 140 cm³/mol. The van der Waals surface area contributed by atoms with E-state index in [9.17, 15) is 9.59 Å². The highest BCUT2D eigenvalue weighted by Crippen LogP contribution is 2.40. The van der Waals surface area contributed by atoms with Gasteiger partial charge in [0.05, 0.1) is 32.1 Å². The molecule has 0 saturated carbocycles. The minimum atomic E-state index is -0.384. The number of hydrogen-bond donors (Lipinski definition) is 1. The molecule has 1 N–H and O–H groups in total. The van der Waals surface area contributed by atoms with Crippen molar-refractivity contribution in [3.05, 3.63) is 46.9 Å². The first-order valence-electron chi connectivity index (χ1n) is 11.5. The summed E-state index contributed by atoms with van der Waals surface area (Å²) in [4.78, 5) is 26.6. The number of thiophene rings is 1. The number of rotatable bonds is 11. The van der Waals surface area contributed by atoms with Gasteiger partial charge < -0.3 is 19.5 Å². The summed E-state index contributed by atoms with van der Waals surface area (Å²) in [6.07, 6.45) is 4.50. The fourth-order valence-corrected chi connectivity index (χ4v) is 6.12. The quantitative estimate of drug-likeness (QED) is 0.219. The Morgan fingerprint density at radius 2 is 2.03 bits per heavy atom. The van der Waals surface area contributed by atoms with Crippen LogP contribution in [0.25, 0.3) is 11.4 Å². The van der Waals surface area contributed by atoms with Crippen LogP contribution in [0.4, 0.5) is 5.00 Å². The molecule has 3 aromatic rings. The average Bonchev–Trinajstić information content (AvgIpc) is 3.57. The van der Waals surface area contributed by atoms with Gasteiger partial charge in [-0.05, 0) is 49.9 Å². The normalized spacial score (nSPS) is 12.2. The third kappa shape index (κ3) is 5.26. The van der Waals surface area contributed by atoms with E-state index in [4.69, 9.17) is 14.2 Å². The van der Waals surface area contributed by atoms with Crippen molar-refractivity contribution < 1.29 is 23.8 Å². The number of anilines is 1. The number of fused-ring (bicyclic) bond motifs is 1. The van der Waals surface area contributed by atoms with Crippen LogP contribution in [-0.4, -0.2) is 53.2 Å². The van der Waals surface area contributed by atoms with E-state index in [-0.39, 0.29) is 24.2 Å². The van der Waals surface area contributed by atoms with Crippen molar-refractivity contribution in [2.24, 2.45) is 0 Å². The molecule has 0 unspecified atom stereocenters. The number of nitrogens with zero attached hydrogens (tertiary/aromatic N) is 3. The average molecular weight is 529 g/mol. The smallest absolute Gasteiger partial charge is 0.341 e. The predicted octanol–water partition coefficient (Wildman–Crippen LogP) is 4.61. The lowest BCUT2D eigenvalue weighted by Crippen LogP contribution is -2.17. The Labute approximate surface area is 217 Å². The molecule has 11 heteroatoms. The maximum atomic E-state index is 12.9. The molecule has 36 heavy (non-hydrogen) atoms. The zero-order valence-electron chi connectivity index (χ0n) is 20.5. The second-order valence-corrected chi connectivity index (χ2v) is 9.94. The van der Waals surface area contributed by atoms with Crippen molar-refractivity contribution in [3.8, 4) is 22.9 Å². The molecule has 0 saturated heterocycles. The molecule has 2 aromatic heterocycles. The van der Waals surface area contributed by atoms with Crippen LogP contribution in [-0.2, 0) is 28.9 Å². The Hall–Kier alpha value is -3.31. The van der Waals surface area contributed by atoms with Gasteiger partial charge in [0.15, 0.2) is 22.5 Å². The van der Waals surface area contributed by atoms with Crippen LogP contribution in [0.2, 0.25) is 0 Å². The van der Waals surface area contributed by atoms with Gasteiger partial charge in [0.2, 0.25) is 5.91 Å². The minimum absolute atomic E-state index is 0.103. The maximum absolute atomic E-state index is 12.9. The van der Waals surface area contributed by atoms with Gasteiger partial charge >= 0.3 is 5.97 Å².